The van der Waals surface area contributed by atoms with Gasteiger partial charge < -0.3 is 5.32 Å². The average Bonchev–Trinajstić information content (AvgIpc) is 2.25. The molecule has 80 valence electrons. The SMILES string of the molecule is CN=C(NC(C)=O)SCc1ccncc1. The highest BCUT2D eigenvalue weighted by Gasteiger charge is 2.01. The summed E-state index contributed by atoms with van der Waals surface area (Å²) in [4.78, 5) is 18.7. The maximum atomic E-state index is 10.8. The molecule has 0 aliphatic carbocycles. The zero-order valence-electron chi connectivity index (χ0n) is 8.73. The van der Waals surface area contributed by atoms with E-state index in [0.717, 1.165) is 11.3 Å². The Bertz CT molecular complexity index is 351. The van der Waals surface area contributed by atoms with E-state index in [4.69, 9.17) is 0 Å². The zero-order valence-corrected chi connectivity index (χ0v) is 9.54. The fourth-order valence-corrected chi connectivity index (χ4v) is 1.78. The summed E-state index contributed by atoms with van der Waals surface area (Å²) in [5, 5.41) is 3.30. The van der Waals surface area contributed by atoms with Crippen molar-refractivity contribution < 1.29 is 4.79 Å². The monoisotopic (exact) mass is 223 g/mol. The second-order valence-corrected chi connectivity index (χ2v) is 3.82. The Morgan fingerprint density at radius 2 is 2.20 bits per heavy atom. The van der Waals surface area contributed by atoms with Gasteiger partial charge in [-0.1, -0.05) is 11.8 Å². The molecule has 1 heterocycles. The first-order valence-corrected chi connectivity index (χ1v) is 5.47. The Morgan fingerprint density at radius 1 is 1.53 bits per heavy atom. The summed E-state index contributed by atoms with van der Waals surface area (Å²) < 4.78 is 0. The largest absolute Gasteiger partial charge is 0.306 e. The molecule has 0 bridgehead atoms. The highest BCUT2D eigenvalue weighted by molar-refractivity contribution is 8.13. The number of carbonyl (C=O) groups is 1. The van der Waals surface area contributed by atoms with Crippen LogP contribution in [0.4, 0.5) is 0 Å². The summed E-state index contributed by atoms with van der Waals surface area (Å²) in [7, 11) is 1.66. The van der Waals surface area contributed by atoms with Crippen molar-refractivity contribution in [2.75, 3.05) is 7.05 Å². The second kappa shape index (κ2) is 6.19. The highest BCUT2D eigenvalue weighted by Crippen LogP contribution is 2.11. The Labute approximate surface area is 93.2 Å². The molecule has 0 unspecified atom stereocenters. The molecule has 0 radical (unpaired) electrons. The fraction of sp³-hybridized carbons (Fsp3) is 0.300. The quantitative estimate of drug-likeness (QED) is 0.609. The molecule has 0 atom stereocenters. The van der Waals surface area contributed by atoms with Crippen molar-refractivity contribution in [1.82, 2.24) is 10.3 Å². The number of aromatic nitrogens is 1. The molecule has 1 aromatic rings. The lowest BCUT2D eigenvalue weighted by Crippen LogP contribution is -2.25. The number of thioether (sulfide) groups is 1. The molecule has 15 heavy (non-hydrogen) atoms. The molecule has 5 heteroatoms. The first kappa shape index (κ1) is 11.7. The van der Waals surface area contributed by atoms with Crippen LogP contribution in [0.3, 0.4) is 0 Å². The number of carbonyl (C=O) groups excluding carboxylic acids is 1. The zero-order chi connectivity index (χ0) is 11.1. The molecule has 0 aromatic carbocycles. The van der Waals surface area contributed by atoms with Crippen molar-refractivity contribution >= 4 is 22.8 Å². The van der Waals surface area contributed by atoms with Gasteiger partial charge in [0.25, 0.3) is 0 Å². The third-order valence-electron chi connectivity index (χ3n) is 1.61. The summed E-state index contributed by atoms with van der Waals surface area (Å²) in [5.74, 6) is 0.674. The van der Waals surface area contributed by atoms with E-state index in [1.165, 1.54) is 18.7 Å². The van der Waals surface area contributed by atoms with Crippen LogP contribution in [0.15, 0.2) is 29.5 Å². The van der Waals surface area contributed by atoms with Crippen molar-refractivity contribution in [2.24, 2.45) is 4.99 Å². The predicted molar refractivity (Wildman–Crippen MR) is 62.7 cm³/mol. The third-order valence-corrected chi connectivity index (χ3v) is 2.65. The van der Waals surface area contributed by atoms with Gasteiger partial charge in [0.15, 0.2) is 5.17 Å². The van der Waals surface area contributed by atoms with Crippen LogP contribution in [0.2, 0.25) is 0 Å². The van der Waals surface area contributed by atoms with Gasteiger partial charge in [-0.3, -0.25) is 14.8 Å². The van der Waals surface area contributed by atoms with Gasteiger partial charge in [-0.25, -0.2) is 0 Å². The Kier molecular flexibility index (Phi) is 4.83. The van der Waals surface area contributed by atoms with Crippen molar-refractivity contribution in [2.45, 2.75) is 12.7 Å². The first-order valence-electron chi connectivity index (χ1n) is 4.48. The van der Waals surface area contributed by atoms with Crippen LogP contribution in [0.1, 0.15) is 12.5 Å². The number of aliphatic imine (C=N–C) groups is 1. The first-order chi connectivity index (χ1) is 7.22. The molecule has 1 amide bonds. The Morgan fingerprint density at radius 3 is 2.73 bits per heavy atom. The molecule has 0 fully saturated rings. The summed E-state index contributed by atoms with van der Waals surface area (Å²) in [6, 6.07) is 3.88. The minimum absolute atomic E-state index is 0.0992. The van der Waals surface area contributed by atoms with Gasteiger partial charge in [-0.2, -0.15) is 0 Å². The second-order valence-electron chi connectivity index (χ2n) is 2.85. The molecule has 0 aliphatic rings. The number of hydrogen-bond donors (Lipinski definition) is 1. The minimum atomic E-state index is -0.0992. The highest BCUT2D eigenvalue weighted by atomic mass is 32.2. The van der Waals surface area contributed by atoms with E-state index in [-0.39, 0.29) is 5.91 Å². The van der Waals surface area contributed by atoms with Crippen LogP contribution >= 0.6 is 11.8 Å². The van der Waals surface area contributed by atoms with Crippen LogP contribution in [0, 0.1) is 0 Å². The predicted octanol–water partition coefficient (Wildman–Crippen LogP) is 1.44. The lowest BCUT2D eigenvalue weighted by atomic mass is 10.3. The van der Waals surface area contributed by atoms with Gasteiger partial charge in [-0.15, -0.1) is 0 Å². The maximum Gasteiger partial charge on any atom is 0.222 e. The van der Waals surface area contributed by atoms with Crippen molar-refractivity contribution in [1.29, 1.82) is 0 Å². The summed E-state index contributed by atoms with van der Waals surface area (Å²) in [6.45, 7) is 1.47. The summed E-state index contributed by atoms with van der Waals surface area (Å²) in [6.07, 6.45) is 3.49. The van der Waals surface area contributed by atoms with Crippen molar-refractivity contribution in [3.8, 4) is 0 Å². The van der Waals surface area contributed by atoms with E-state index in [9.17, 15) is 4.79 Å². The van der Waals surface area contributed by atoms with Crippen LogP contribution < -0.4 is 5.32 Å². The average molecular weight is 223 g/mol. The van der Waals surface area contributed by atoms with Crippen LogP contribution in [-0.4, -0.2) is 23.1 Å². The molecule has 1 N–H and O–H groups in total. The number of amides is 1. The van der Waals surface area contributed by atoms with Gasteiger partial charge in [0.2, 0.25) is 5.91 Å². The Hall–Kier alpha value is -1.36. The normalized spacial score (nSPS) is 11.2. The lowest BCUT2D eigenvalue weighted by molar-refractivity contribution is -0.117. The molecule has 0 saturated carbocycles. The number of rotatable bonds is 2. The molecule has 0 saturated heterocycles. The fourth-order valence-electron chi connectivity index (χ4n) is 0.938. The van der Waals surface area contributed by atoms with Crippen molar-refractivity contribution in [3.05, 3.63) is 30.1 Å². The van der Waals surface area contributed by atoms with E-state index >= 15 is 0 Å². The number of nitrogens with zero attached hydrogens (tertiary/aromatic N) is 2. The molecule has 1 aromatic heterocycles. The number of nitrogens with one attached hydrogen (secondary N) is 1. The van der Waals surface area contributed by atoms with E-state index in [1.54, 1.807) is 19.4 Å². The van der Waals surface area contributed by atoms with Gasteiger partial charge in [-0.05, 0) is 17.7 Å². The van der Waals surface area contributed by atoms with Gasteiger partial charge in [0.05, 0.1) is 0 Å². The van der Waals surface area contributed by atoms with E-state index < -0.39 is 0 Å². The minimum Gasteiger partial charge on any atom is -0.306 e. The van der Waals surface area contributed by atoms with Crippen LogP contribution in [0.5, 0.6) is 0 Å². The maximum absolute atomic E-state index is 10.8. The van der Waals surface area contributed by atoms with Crippen LogP contribution in [-0.2, 0) is 10.5 Å². The van der Waals surface area contributed by atoms with E-state index in [2.05, 4.69) is 15.3 Å². The third kappa shape index (κ3) is 4.60. The van der Waals surface area contributed by atoms with Gasteiger partial charge >= 0.3 is 0 Å². The molecule has 0 aliphatic heterocycles. The summed E-state index contributed by atoms with van der Waals surface area (Å²) >= 11 is 1.49. The topological polar surface area (TPSA) is 54.4 Å². The Balaban J connectivity index is 2.45. The number of amidine groups is 1. The molecule has 4 nitrogen and oxygen atoms in total. The summed E-state index contributed by atoms with van der Waals surface area (Å²) in [5.41, 5.74) is 1.15. The lowest BCUT2D eigenvalue weighted by Gasteiger charge is -2.05. The molecule has 0 spiro atoms. The van der Waals surface area contributed by atoms with Gasteiger partial charge in [0, 0.05) is 32.1 Å². The standard InChI is InChI=1S/C10H13N3OS/c1-8(14)13-10(11-2)15-7-9-3-5-12-6-4-9/h3-6H,7H2,1-2H3,(H,11,13,14). The molecular weight excluding hydrogens is 210 g/mol. The number of pyridine rings is 1. The van der Waals surface area contributed by atoms with Crippen LogP contribution in [0.25, 0.3) is 0 Å². The number of hydrogen-bond acceptors (Lipinski definition) is 4. The molecule has 1 rings (SSSR count). The smallest absolute Gasteiger partial charge is 0.222 e. The van der Waals surface area contributed by atoms with Gasteiger partial charge in [0.1, 0.15) is 0 Å². The van der Waals surface area contributed by atoms with Crippen molar-refractivity contribution in [3.63, 3.8) is 0 Å². The molecular formula is C10H13N3OS. The van der Waals surface area contributed by atoms with E-state index in [1.807, 2.05) is 12.1 Å². The van der Waals surface area contributed by atoms with E-state index in [0.29, 0.717) is 5.17 Å².